The van der Waals surface area contributed by atoms with Gasteiger partial charge in [-0.3, -0.25) is 0 Å². The molecule has 0 aliphatic rings. The zero-order valence-electron chi connectivity index (χ0n) is 11.4. The quantitative estimate of drug-likeness (QED) is 0.569. The Morgan fingerprint density at radius 3 is 2.95 bits per heavy atom. The minimum atomic E-state index is 0.312. The molecule has 104 valence electrons. The lowest BCUT2D eigenvalue weighted by Crippen LogP contribution is -2.16. The fraction of sp³-hybridized carbons (Fsp3) is 0.571. The van der Waals surface area contributed by atoms with Crippen molar-refractivity contribution in [3.8, 4) is 0 Å². The summed E-state index contributed by atoms with van der Waals surface area (Å²) in [5, 5.41) is 5.80. The van der Waals surface area contributed by atoms with Crippen molar-refractivity contribution in [1.82, 2.24) is 9.97 Å². The maximum Gasteiger partial charge on any atom is 0.224 e. The minimum absolute atomic E-state index is 0.312. The van der Waals surface area contributed by atoms with Crippen molar-refractivity contribution in [2.45, 2.75) is 52.0 Å². The Morgan fingerprint density at radius 2 is 2.16 bits per heavy atom. The molecule has 0 aromatic carbocycles. The molecule has 0 aliphatic heterocycles. The maximum atomic E-state index is 5.95. The van der Waals surface area contributed by atoms with Crippen molar-refractivity contribution in [2.24, 2.45) is 0 Å². The second-order valence-corrected chi connectivity index (χ2v) is 6.13. The smallest absolute Gasteiger partial charge is 0.224 e. The summed E-state index contributed by atoms with van der Waals surface area (Å²) in [5.74, 6) is 0.869. The lowest BCUT2D eigenvalue weighted by molar-refractivity contribution is 0.593. The monoisotopic (exact) mass is 297 g/mol. The zero-order chi connectivity index (χ0) is 13.7. The van der Waals surface area contributed by atoms with E-state index in [2.05, 4.69) is 29.1 Å². The van der Waals surface area contributed by atoms with E-state index in [4.69, 9.17) is 11.6 Å². The van der Waals surface area contributed by atoms with Crippen molar-refractivity contribution in [3.63, 3.8) is 0 Å². The number of anilines is 1. The van der Waals surface area contributed by atoms with E-state index in [1.165, 1.54) is 25.7 Å². The van der Waals surface area contributed by atoms with Gasteiger partial charge in [-0.15, -0.1) is 11.3 Å². The first-order chi connectivity index (χ1) is 9.20. The molecule has 1 unspecified atom stereocenters. The average Bonchev–Trinajstić information content (AvgIpc) is 2.82. The first kappa shape index (κ1) is 14.5. The molecule has 0 saturated carbocycles. The van der Waals surface area contributed by atoms with Gasteiger partial charge in [-0.25, -0.2) is 4.98 Å². The number of aromatic nitrogens is 2. The molecule has 0 bridgehead atoms. The summed E-state index contributed by atoms with van der Waals surface area (Å²) in [7, 11) is 0. The average molecular weight is 298 g/mol. The van der Waals surface area contributed by atoms with E-state index in [0.717, 1.165) is 22.5 Å². The molecule has 0 fully saturated rings. The van der Waals surface area contributed by atoms with Crippen LogP contribution in [0.1, 0.15) is 46.0 Å². The molecule has 2 aromatic heterocycles. The van der Waals surface area contributed by atoms with Crippen LogP contribution in [0.25, 0.3) is 10.2 Å². The Morgan fingerprint density at radius 1 is 1.32 bits per heavy atom. The summed E-state index contributed by atoms with van der Waals surface area (Å²) in [6.07, 6.45) is 6.32. The second kappa shape index (κ2) is 7.06. The van der Waals surface area contributed by atoms with E-state index < -0.39 is 0 Å². The SMILES string of the molecule is CCCCCCC(C)Nc1nc(Cl)nc2ccsc12. The number of halogens is 1. The van der Waals surface area contributed by atoms with Gasteiger partial charge in [0, 0.05) is 6.04 Å². The molecule has 3 nitrogen and oxygen atoms in total. The summed E-state index contributed by atoms with van der Waals surface area (Å²) >= 11 is 7.60. The van der Waals surface area contributed by atoms with Crippen LogP contribution < -0.4 is 5.32 Å². The lowest BCUT2D eigenvalue weighted by atomic mass is 10.1. The predicted octanol–water partition coefficient (Wildman–Crippen LogP) is 5.12. The van der Waals surface area contributed by atoms with E-state index >= 15 is 0 Å². The van der Waals surface area contributed by atoms with Crippen molar-refractivity contribution in [2.75, 3.05) is 5.32 Å². The van der Waals surface area contributed by atoms with Crippen molar-refractivity contribution in [1.29, 1.82) is 0 Å². The van der Waals surface area contributed by atoms with Gasteiger partial charge in [-0.05, 0) is 36.4 Å². The van der Waals surface area contributed by atoms with E-state index in [1.807, 2.05) is 11.4 Å². The molecule has 19 heavy (non-hydrogen) atoms. The van der Waals surface area contributed by atoms with Crippen LogP contribution in [0.3, 0.4) is 0 Å². The number of hydrogen-bond acceptors (Lipinski definition) is 4. The molecule has 0 radical (unpaired) electrons. The molecule has 0 saturated heterocycles. The third-order valence-electron chi connectivity index (χ3n) is 3.15. The Bertz CT molecular complexity index is 526. The van der Waals surface area contributed by atoms with Crippen LogP contribution in [0.15, 0.2) is 11.4 Å². The molecule has 2 heterocycles. The first-order valence-corrected chi connectivity index (χ1v) is 8.13. The topological polar surface area (TPSA) is 37.8 Å². The fourth-order valence-electron chi connectivity index (χ4n) is 2.12. The molecule has 0 spiro atoms. The Hall–Kier alpha value is -0.870. The van der Waals surface area contributed by atoms with Gasteiger partial charge >= 0.3 is 0 Å². The van der Waals surface area contributed by atoms with Gasteiger partial charge in [0.25, 0.3) is 0 Å². The molecular formula is C14H20ClN3S. The highest BCUT2D eigenvalue weighted by Gasteiger charge is 2.10. The number of unbranched alkanes of at least 4 members (excludes halogenated alkanes) is 3. The number of fused-ring (bicyclic) bond motifs is 1. The summed E-state index contributed by atoms with van der Waals surface area (Å²) in [6.45, 7) is 4.43. The van der Waals surface area contributed by atoms with Gasteiger partial charge in [0.1, 0.15) is 5.82 Å². The molecular weight excluding hydrogens is 278 g/mol. The largest absolute Gasteiger partial charge is 0.366 e. The second-order valence-electron chi connectivity index (χ2n) is 4.87. The molecule has 0 aliphatic carbocycles. The van der Waals surface area contributed by atoms with E-state index in [1.54, 1.807) is 11.3 Å². The normalized spacial score (nSPS) is 12.8. The fourth-order valence-corrected chi connectivity index (χ4v) is 3.08. The number of nitrogens with zero attached hydrogens (tertiary/aromatic N) is 2. The number of thiophene rings is 1. The Labute approximate surface area is 123 Å². The lowest BCUT2D eigenvalue weighted by Gasteiger charge is -2.14. The van der Waals surface area contributed by atoms with Gasteiger partial charge in [-0.1, -0.05) is 32.6 Å². The van der Waals surface area contributed by atoms with Crippen LogP contribution in [0.4, 0.5) is 5.82 Å². The minimum Gasteiger partial charge on any atom is -0.366 e. The number of rotatable bonds is 7. The van der Waals surface area contributed by atoms with Crippen molar-refractivity contribution in [3.05, 3.63) is 16.7 Å². The first-order valence-electron chi connectivity index (χ1n) is 6.88. The molecule has 5 heteroatoms. The van der Waals surface area contributed by atoms with Gasteiger partial charge in [0.2, 0.25) is 5.28 Å². The van der Waals surface area contributed by atoms with Gasteiger partial charge in [0.15, 0.2) is 0 Å². The maximum absolute atomic E-state index is 5.95. The highest BCUT2D eigenvalue weighted by molar-refractivity contribution is 7.17. The third kappa shape index (κ3) is 4.05. The predicted molar refractivity (Wildman–Crippen MR) is 84.3 cm³/mol. The van der Waals surface area contributed by atoms with Crippen molar-refractivity contribution < 1.29 is 0 Å². The highest BCUT2D eigenvalue weighted by atomic mass is 35.5. The molecule has 2 aromatic rings. The van der Waals surface area contributed by atoms with E-state index in [-0.39, 0.29) is 0 Å². The van der Waals surface area contributed by atoms with Crippen LogP contribution in [0.2, 0.25) is 5.28 Å². The molecule has 1 atom stereocenters. The zero-order valence-corrected chi connectivity index (χ0v) is 13.0. The van der Waals surface area contributed by atoms with Crippen LogP contribution in [-0.4, -0.2) is 16.0 Å². The van der Waals surface area contributed by atoms with Crippen LogP contribution in [0, 0.1) is 0 Å². The molecule has 1 N–H and O–H groups in total. The summed E-state index contributed by atoms with van der Waals surface area (Å²) in [6, 6.07) is 2.39. The van der Waals surface area contributed by atoms with E-state index in [0.29, 0.717) is 11.3 Å². The van der Waals surface area contributed by atoms with Crippen LogP contribution >= 0.6 is 22.9 Å². The van der Waals surface area contributed by atoms with Crippen LogP contribution in [0.5, 0.6) is 0 Å². The molecule has 0 amide bonds. The summed E-state index contributed by atoms with van der Waals surface area (Å²) < 4.78 is 1.09. The van der Waals surface area contributed by atoms with Gasteiger partial charge in [-0.2, -0.15) is 4.98 Å². The van der Waals surface area contributed by atoms with Crippen molar-refractivity contribution >= 4 is 39.0 Å². The summed E-state index contributed by atoms with van der Waals surface area (Å²) in [5.41, 5.74) is 0.922. The number of hydrogen-bond donors (Lipinski definition) is 1. The summed E-state index contributed by atoms with van der Waals surface area (Å²) in [4.78, 5) is 8.53. The van der Waals surface area contributed by atoms with E-state index in [9.17, 15) is 0 Å². The van der Waals surface area contributed by atoms with Crippen LogP contribution in [-0.2, 0) is 0 Å². The van der Waals surface area contributed by atoms with Gasteiger partial charge < -0.3 is 5.32 Å². The molecule has 2 rings (SSSR count). The Balaban J connectivity index is 1.98. The standard InChI is InChI=1S/C14H20ClN3S/c1-3-4-5-6-7-10(2)16-13-12-11(8-9-19-12)17-14(15)18-13/h8-10H,3-7H2,1-2H3,(H,16,17,18). The van der Waals surface area contributed by atoms with Gasteiger partial charge in [0.05, 0.1) is 10.2 Å². The highest BCUT2D eigenvalue weighted by Crippen LogP contribution is 2.28. The Kier molecular flexibility index (Phi) is 5.40. The number of nitrogens with one attached hydrogen (secondary N) is 1. The third-order valence-corrected chi connectivity index (χ3v) is 4.23.